The molecular formula is C18H22N4O4. The van der Waals surface area contributed by atoms with Crippen molar-refractivity contribution >= 4 is 23.6 Å². The summed E-state index contributed by atoms with van der Waals surface area (Å²) in [5, 5.41) is 8.67. The summed E-state index contributed by atoms with van der Waals surface area (Å²) in [4.78, 5) is 49.6. The lowest BCUT2D eigenvalue weighted by Gasteiger charge is -2.27. The standard InChI is InChI=1S/C18H22N4O4/c1-2-19-7-8-20-10-11-3-4-12-13(9-11)18(26)22(17(12)25)14-5-6-15(23)21-16(14)24/h3-4,9,14,19-20H,2,5-8,10H2,1H3,(H,21,23,24). The predicted molar refractivity (Wildman–Crippen MR) is 93.4 cm³/mol. The lowest BCUT2D eigenvalue weighted by atomic mass is 10.0. The number of hydrogen-bond donors (Lipinski definition) is 3. The molecule has 0 spiro atoms. The van der Waals surface area contributed by atoms with Gasteiger partial charge in [0.05, 0.1) is 11.1 Å². The monoisotopic (exact) mass is 358 g/mol. The molecule has 3 N–H and O–H groups in total. The Morgan fingerprint density at radius 2 is 1.81 bits per heavy atom. The van der Waals surface area contributed by atoms with Crippen LogP contribution in [0, 0.1) is 0 Å². The summed E-state index contributed by atoms with van der Waals surface area (Å²) in [6.07, 6.45) is 0.278. The van der Waals surface area contributed by atoms with Gasteiger partial charge in [0.25, 0.3) is 11.8 Å². The van der Waals surface area contributed by atoms with Crippen LogP contribution in [0.1, 0.15) is 46.0 Å². The number of imide groups is 2. The van der Waals surface area contributed by atoms with Crippen molar-refractivity contribution in [1.29, 1.82) is 0 Å². The molecule has 1 aromatic rings. The maximum absolute atomic E-state index is 12.7. The van der Waals surface area contributed by atoms with Crippen molar-refractivity contribution in [2.24, 2.45) is 0 Å². The average Bonchev–Trinajstić information content (AvgIpc) is 2.86. The smallest absolute Gasteiger partial charge is 0.262 e. The van der Waals surface area contributed by atoms with Crippen LogP contribution in [0.4, 0.5) is 0 Å². The minimum Gasteiger partial charge on any atom is -0.316 e. The van der Waals surface area contributed by atoms with Crippen molar-refractivity contribution in [3.63, 3.8) is 0 Å². The van der Waals surface area contributed by atoms with Crippen molar-refractivity contribution < 1.29 is 19.2 Å². The fourth-order valence-corrected chi connectivity index (χ4v) is 3.21. The van der Waals surface area contributed by atoms with E-state index in [0.717, 1.165) is 30.1 Å². The Kier molecular flexibility index (Phi) is 5.43. The molecule has 0 bridgehead atoms. The first-order valence-corrected chi connectivity index (χ1v) is 8.79. The molecule has 1 atom stereocenters. The second kappa shape index (κ2) is 7.76. The van der Waals surface area contributed by atoms with E-state index < -0.39 is 23.8 Å². The number of nitrogens with zero attached hydrogens (tertiary/aromatic N) is 1. The molecule has 0 aromatic heterocycles. The summed E-state index contributed by atoms with van der Waals surface area (Å²) in [7, 11) is 0. The SMILES string of the molecule is CCNCCNCc1ccc2c(c1)C(=O)N(C1CCC(=O)NC1=O)C2=O. The highest BCUT2D eigenvalue weighted by Crippen LogP contribution is 2.28. The number of hydrogen-bond acceptors (Lipinski definition) is 6. The summed E-state index contributed by atoms with van der Waals surface area (Å²) < 4.78 is 0. The average molecular weight is 358 g/mol. The molecule has 8 nitrogen and oxygen atoms in total. The number of nitrogens with one attached hydrogen (secondary N) is 3. The van der Waals surface area contributed by atoms with Gasteiger partial charge in [0.15, 0.2) is 0 Å². The molecule has 2 heterocycles. The molecule has 2 aliphatic rings. The van der Waals surface area contributed by atoms with Crippen LogP contribution in [0.2, 0.25) is 0 Å². The topological polar surface area (TPSA) is 108 Å². The number of benzene rings is 1. The Hall–Kier alpha value is -2.58. The fourth-order valence-electron chi connectivity index (χ4n) is 3.21. The van der Waals surface area contributed by atoms with E-state index in [-0.39, 0.29) is 18.7 Å². The first-order chi connectivity index (χ1) is 12.5. The van der Waals surface area contributed by atoms with E-state index >= 15 is 0 Å². The molecular weight excluding hydrogens is 336 g/mol. The highest BCUT2D eigenvalue weighted by molar-refractivity contribution is 6.23. The molecule has 26 heavy (non-hydrogen) atoms. The minimum absolute atomic E-state index is 0.116. The Morgan fingerprint density at radius 3 is 2.54 bits per heavy atom. The maximum atomic E-state index is 12.7. The van der Waals surface area contributed by atoms with Gasteiger partial charge in [-0.15, -0.1) is 0 Å². The first kappa shape index (κ1) is 18.2. The van der Waals surface area contributed by atoms with E-state index in [1.165, 1.54) is 0 Å². The van der Waals surface area contributed by atoms with E-state index in [0.29, 0.717) is 17.7 Å². The second-order valence-corrected chi connectivity index (χ2v) is 6.36. The van der Waals surface area contributed by atoms with Crippen molar-refractivity contribution in [3.05, 3.63) is 34.9 Å². The zero-order valence-corrected chi connectivity index (χ0v) is 14.6. The van der Waals surface area contributed by atoms with E-state index in [1.807, 2.05) is 6.92 Å². The molecule has 1 saturated heterocycles. The Balaban J connectivity index is 1.71. The van der Waals surface area contributed by atoms with Crippen LogP contribution in [-0.4, -0.2) is 54.2 Å². The van der Waals surface area contributed by atoms with Crippen molar-refractivity contribution in [1.82, 2.24) is 20.9 Å². The maximum Gasteiger partial charge on any atom is 0.262 e. The molecule has 0 radical (unpaired) electrons. The zero-order chi connectivity index (χ0) is 18.7. The Morgan fingerprint density at radius 1 is 1.08 bits per heavy atom. The number of fused-ring (bicyclic) bond motifs is 1. The number of carbonyl (C=O) groups excluding carboxylic acids is 4. The van der Waals surface area contributed by atoms with Crippen LogP contribution >= 0.6 is 0 Å². The van der Waals surface area contributed by atoms with Gasteiger partial charge in [-0.25, -0.2) is 0 Å². The van der Waals surface area contributed by atoms with Gasteiger partial charge in [-0.1, -0.05) is 13.0 Å². The van der Waals surface area contributed by atoms with E-state index in [9.17, 15) is 19.2 Å². The molecule has 8 heteroatoms. The van der Waals surface area contributed by atoms with Gasteiger partial charge in [-0.2, -0.15) is 0 Å². The number of likely N-dealkylation sites (N-methyl/N-ethyl adjacent to an activating group) is 1. The minimum atomic E-state index is -0.929. The van der Waals surface area contributed by atoms with E-state index in [2.05, 4.69) is 16.0 Å². The van der Waals surface area contributed by atoms with Crippen LogP contribution in [0.3, 0.4) is 0 Å². The lowest BCUT2D eigenvalue weighted by molar-refractivity contribution is -0.136. The number of piperidine rings is 1. The van der Waals surface area contributed by atoms with Crippen LogP contribution < -0.4 is 16.0 Å². The van der Waals surface area contributed by atoms with Gasteiger partial charge in [-0.3, -0.25) is 29.4 Å². The summed E-state index contributed by atoms with van der Waals surface area (Å²) in [5.74, 6) is -1.94. The Bertz CT molecular complexity index is 762. The largest absolute Gasteiger partial charge is 0.316 e. The van der Waals surface area contributed by atoms with Gasteiger partial charge in [-0.05, 0) is 30.7 Å². The summed E-state index contributed by atoms with van der Waals surface area (Å²) in [6.45, 7) is 5.17. The molecule has 2 aliphatic heterocycles. The summed E-state index contributed by atoms with van der Waals surface area (Å²) >= 11 is 0. The predicted octanol–water partition coefficient (Wildman–Crippen LogP) is -0.213. The van der Waals surface area contributed by atoms with Gasteiger partial charge in [0, 0.05) is 26.1 Å². The molecule has 3 rings (SSSR count). The fraction of sp³-hybridized carbons (Fsp3) is 0.444. The Labute approximate surface area is 151 Å². The number of carbonyl (C=O) groups is 4. The van der Waals surface area contributed by atoms with Gasteiger partial charge in [0.1, 0.15) is 6.04 Å². The van der Waals surface area contributed by atoms with Crippen molar-refractivity contribution in [2.75, 3.05) is 19.6 Å². The number of amides is 4. The summed E-state index contributed by atoms with van der Waals surface area (Å²) in [5.41, 5.74) is 1.51. The number of rotatable bonds is 7. The molecule has 4 amide bonds. The van der Waals surface area contributed by atoms with Crippen molar-refractivity contribution in [3.8, 4) is 0 Å². The van der Waals surface area contributed by atoms with Crippen LogP contribution in [0.25, 0.3) is 0 Å². The third-order valence-electron chi connectivity index (χ3n) is 4.56. The first-order valence-electron chi connectivity index (χ1n) is 8.79. The van der Waals surface area contributed by atoms with Crippen LogP contribution in [0.5, 0.6) is 0 Å². The highest BCUT2D eigenvalue weighted by Gasteiger charge is 2.44. The van der Waals surface area contributed by atoms with Gasteiger partial charge in [0.2, 0.25) is 11.8 Å². The third-order valence-corrected chi connectivity index (χ3v) is 4.56. The third kappa shape index (κ3) is 3.51. The lowest BCUT2D eigenvalue weighted by Crippen LogP contribution is -2.54. The molecule has 0 saturated carbocycles. The highest BCUT2D eigenvalue weighted by atomic mass is 16.2. The van der Waals surface area contributed by atoms with E-state index in [1.54, 1.807) is 18.2 Å². The van der Waals surface area contributed by atoms with Gasteiger partial charge >= 0.3 is 0 Å². The van der Waals surface area contributed by atoms with Gasteiger partial charge < -0.3 is 10.6 Å². The zero-order valence-electron chi connectivity index (χ0n) is 14.6. The molecule has 138 valence electrons. The van der Waals surface area contributed by atoms with Crippen LogP contribution in [0.15, 0.2) is 18.2 Å². The molecule has 0 aliphatic carbocycles. The molecule has 1 aromatic carbocycles. The normalized spacial score (nSPS) is 19.7. The second-order valence-electron chi connectivity index (χ2n) is 6.36. The quantitative estimate of drug-likeness (QED) is 0.460. The summed E-state index contributed by atoms with van der Waals surface area (Å²) in [6, 6.07) is 4.20. The van der Waals surface area contributed by atoms with E-state index in [4.69, 9.17) is 0 Å². The van der Waals surface area contributed by atoms with Crippen LogP contribution in [-0.2, 0) is 16.1 Å². The molecule has 1 fully saturated rings. The molecule has 1 unspecified atom stereocenters. The van der Waals surface area contributed by atoms with Crippen molar-refractivity contribution in [2.45, 2.75) is 32.4 Å².